The maximum Gasteiger partial charge on any atom is 0.188 e. The van der Waals surface area contributed by atoms with E-state index in [9.17, 15) is 4.57 Å². The van der Waals surface area contributed by atoms with Gasteiger partial charge in [0.05, 0.1) is 0 Å². The summed E-state index contributed by atoms with van der Waals surface area (Å²) in [5.41, 5.74) is 0. The summed E-state index contributed by atoms with van der Waals surface area (Å²) in [4.78, 5) is 0. The summed E-state index contributed by atoms with van der Waals surface area (Å²) in [7, 11) is 0.00926. The molecular formula is C7H10N3OP. The van der Waals surface area contributed by atoms with Gasteiger partial charge in [0.2, 0.25) is 0 Å². The molecule has 0 aliphatic carbocycles. The Kier molecular flexibility index (Phi) is 2.71. The van der Waals surface area contributed by atoms with Crippen LogP contribution >= 0.6 is 8.46 Å². The van der Waals surface area contributed by atoms with Crippen molar-refractivity contribution in [3.05, 3.63) is 25.3 Å². The molecule has 1 heterocycles. The lowest BCUT2D eigenvalue weighted by atomic mass is 10.2. The second-order valence-corrected chi connectivity index (χ2v) is 3.35. The van der Waals surface area contributed by atoms with Crippen LogP contribution < -0.4 is 0 Å². The number of hydrogen-bond acceptors (Lipinski definition) is 3. The topological polar surface area (TPSA) is 47.8 Å². The molecule has 0 N–H and O–H groups in total. The van der Waals surface area contributed by atoms with Gasteiger partial charge in [-0.1, -0.05) is 19.6 Å². The molecule has 0 bridgehead atoms. The molecule has 64 valence electrons. The molecule has 0 aromatic carbocycles. The van der Waals surface area contributed by atoms with Gasteiger partial charge in [-0.05, 0) is 6.42 Å². The minimum absolute atomic E-state index is 0.00926. The molecule has 1 unspecified atom stereocenters. The van der Waals surface area contributed by atoms with Crippen molar-refractivity contribution in [2.24, 2.45) is 0 Å². The van der Waals surface area contributed by atoms with Gasteiger partial charge in [-0.25, -0.2) is 0 Å². The molecule has 0 aliphatic rings. The van der Waals surface area contributed by atoms with Crippen LogP contribution in [0.3, 0.4) is 0 Å². The predicted molar refractivity (Wildman–Crippen MR) is 46.1 cm³/mol. The average molecular weight is 183 g/mol. The Morgan fingerprint density at radius 3 is 2.58 bits per heavy atom. The quantitative estimate of drug-likeness (QED) is 0.528. The first-order valence-corrected chi connectivity index (χ1v) is 4.43. The van der Waals surface area contributed by atoms with Crippen molar-refractivity contribution in [3.8, 4) is 0 Å². The first kappa shape index (κ1) is 9.07. The Bertz CT molecular complexity index is 262. The fourth-order valence-electron chi connectivity index (χ4n) is 0.982. The number of allylic oxidation sites excluding steroid dienone is 1. The molecular weight excluding hydrogens is 173 g/mol. The summed E-state index contributed by atoms with van der Waals surface area (Å²) in [6.07, 6.45) is 5.41. The van der Waals surface area contributed by atoms with Crippen LogP contribution in [0.4, 0.5) is 0 Å². The maximum atomic E-state index is 10.9. The third-order valence-corrected chi connectivity index (χ3v) is 2.92. The molecule has 0 radical (unpaired) electrons. The van der Waals surface area contributed by atoms with E-state index in [1.54, 1.807) is 10.6 Å². The highest BCUT2D eigenvalue weighted by Crippen LogP contribution is 2.33. The van der Waals surface area contributed by atoms with Gasteiger partial charge in [-0.2, -0.15) is 0 Å². The molecule has 1 atom stereocenters. The van der Waals surface area contributed by atoms with Crippen molar-refractivity contribution >= 4 is 8.46 Å². The highest BCUT2D eigenvalue weighted by Gasteiger charge is 2.26. The second kappa shape index (κ2) is 3.59. The summed E-state index contributed by atoms with van der Waals surface area (Å²) in [6, 6.07) is 0. The van der Waals surface area contributed by atoms with Crippen LogP contribution in [0, 0.1) is 0 Å². The van der Waals surface area contributed by atoms with Gasteiger partial charge < -0.3 is 0 Å². The van der Waals surface area contributed by atoms with Crippen LogP contribution in [0.5, 0.6) is 0 Å². The molecule has 0 saturated carbocycles. The molecule has 0 fully saturated rings. The molecule has 1 rings (SSSR count). The Labute approximate surface area is 72.5 Å². The number of nitrogens with zero attached hydrogens (tertiary/aromatic N) is 3. The van der Waals surface area contributed by atoms with Gasteiger partial charge >= 0.3 is 0 Å². The summed E-state index contributed by atoms with van der Waals surface area (Å²) in [5, 5.41) is 6.73. The minimum atomic E-state index is -0.580. The zero-order valence-electron chi connectivity index (χ0n) is 6.84. The monoisotopic (exact) mass is 183 g/mol. The standard InChI is InChI=1S/C7H10N3OP/c1-3-7(4-2,12-11)10-5-8-9-6-10/h3,5-6H,1,4H2,2H3. The van der Waals surface area contributed by atoms with E-state index in [1.807, 2.05) is 6.92 Å². The van der Waals surface area contributed by atoms with Crippen molar-refractivity contribution < 1.29 is 4.57 Å². The van der Waals surface area contributed by atoms with E-state index in [1.165, 1.54) is 12.7 Å². The largest absolute Gasteiger partial charge is 0.299 e. The van der Waals surface area contributed by atoms with Crippen molar-refractivity contribution in [2.45, 2.75) is 18.6 Å². The highest BCUT2D eigenvalue weighted by molar-refractivity contribution is 7.25. The molecule has 5 heteroatoms. The molecule has 1 aromatic heterocycles. The van der Waals surface area contributed by atoms with Crippen LogP contribution in [-0.2, 0) is 9.85 Å². The average Bonchev–Trinajstić information content (AvgIpc) is 2.62. The van der Waals surface area contributed by atoms with Gasteiger partial charge in [-0.3, -0.25) is 9.13 Å². The number of rotatable bonds is 4. The van der Waals surface area contributed by atoms with Gasteiger partial charge in [-0.15, -0.1) is 10.2 Å². The Balaban J connectivity index is 3.09. The van der Waals surface area contributed by atoms with E-state index in [-0.39, 0.29) is 8.46 Å². The van der Waals surface area contributed by atoms with E-state index in [2.05, 4.69) is 16.8 Å². The predicted octanol–water partition coefficient (Wildman–Crippen LogP) is 1.82. The smallest absolute Gasteiger partial charge is 0.188 e. The zero-order valence-corrected chi connectivity index (χ0v) is 7.74. The van der Waals surface area contributed by atoms with Crippen LogP contribution in [0.2, 0.25) is 0 Å². The highest BCUT2D eigenvalue weighted by atomic mass is 31.1. The van der Waals surface area contributed by atoms with Gasteiger partial charge in [0.1, 0.15) is 17.9 Å². The normalized spacial score (nSPS) is 15.8. The first-order chi connectivity index (χ1) is 5.79. The van der Waals surface area contributed by atoms with Gasteiger partial charge in [0, 0.05) is 0 Å². The van der Waals surface area contributed by atoms with Crippen molar-refractivity contribution in [2.75, 3.05) is 0 Å². The Hall–Kier alpha value is -1.02. The van der Waals surface area contributed by atoms with Gasteiger partial charge in [0.25, 0.3) is 0 Å². The van der Waals surface area contributed by atoms with Crippen LogP contribution in [-0.4, -0.2) is 14.8 Å². The molecule has 1 aromatic rings. The fraction of sp³-hybridized carbons (Fsp3) is 0.429. The summed E-state index contributed by atoms with van der Waals surface area (Å²) >= 11 is 0. The molecule has 0 spiro atoms. The minimum Gasteiger partial charge on any atom is -0.299 e. The third-order valence-electron chi connectivity index (χ3n) is 1.87. The molecule has 0 amide bonds. The Morgan fingerprint density at radius 1 is 1.67 bits per heavy atom. The molecule has 4 nitrogen and oxygen atoms in total. The Morgan fingerprint density at radius 2 is 2.25 bits per heavy atom. The van der Waals surface area contributed by atoms with E-state index in [0.717, 1.165) is 0 Å². The SMILES string of the molecule is C=CC(CC)(P=O)n1cnnc1. The first-order valence-electron chi connectivity index (χ1n) is 3.62. The summed E-state index contributed by atoms with van der Waals surface area (Å²) in [5.74, 6) is 0. The van der Waals surface area contributed by atoms with E-state index < -0.39 is 5.28 Å². The molecule has 0 saturated heterocycles. The summed E-state index contributed by atoms with van der Waals surface area (Å²) < 4.78 is 12.6. The van der Waals surface area contributed by atoms with E-state index in [4.69, 9.17) is 0 Å². The molecule has 12 heavy (non-hydrogen) atoms. The lowest BCUT2D eigenvalue weighted by molar-refractivity contribution is 0.486. The second-order valence-electron chi connectivity index (χ2n) is 2.40. The van der Waals surface area contributed by atoms with Crippen LogP contribution in [0.25, 0.3) is 0 Å². The van der Waals surface area contributed by atoms with E-state index >= 15 is 0 Å². The lowest BCUT2D eigenvalue weighted by Gasteiger charge is -2.21. The zero-order chi connectivity index (χ0) is 9.03. The number of aromatic nitrogens is 3. The lowest BCUT2D eigenvalue weighted by Crippen LogP contribution is -2.22. The number of hydrogen-bond donors (Lipinski definition) is 0. The van der Waals surface area contributed by atoms with Crippen molar-refractivity contribution in [1.29, 1.82) is 0 Å². The maximum absolute atomic E-state index is 10.9. The van der Waals surface area contributed by atoms with Crippen LogP contribution in [0.15, 0.2) is 25.3 Å². The van der Waals surface area contributed by atoms with E-state index in [0.29, 0.717) is 6.42 Å². The van der Waals surface area contributed by atoms with Crippen LogP contribution in [0.1, 0.15) is 13.3 Å². The molecule has 0 aliphatic heterocycles. The van der Waals surface area contributed by atoms with Gasteiger partial charge in [0.15, 0.2) is 8.46 Å². The fourth-order valence-corrected chi connectivity index (χ4v) is 1.38. The van der Waals surface area contributed by atoms with Crippen molar-refractivity contribution in [1.82, 2.24) is 14.8 Å². The van der Waals surface area contributed by atoms with Crippen molar-refractivity contribution in [3.63, 3.8) is 0 Å². The third kappa shape index (κ3) is 1.30. The summed E-state index contributed by atoms with van der Waals surface area (Å²) in [6.45, 7) is 5.58.